The lowest BCUT2D eigenvalue weighted by molar-refractivity contribution is -0.132. The van der Waals surface area contributed by atoms with Crippen LogP contribution in [0, 0.1) is 5.82 Å². The van der Waals surface area contributed by atoms with Crippen molar-refractivity contribution >= 4 is 5.91 Å². The van der Waals surface area contributed by atoms with E-state index in [9.17, 15) is 9.18 Å². The number of nitrogens with one attached hydrogen (secondary N) is 1. The van der Waals surface area contributed by atoms with Crippen molar-refractivity contribution in [2.24, 2.45) is 0 Å². The smallest absolute Gasteiger partial charge is 0.223 e. The Bertz CT molecular complexity index is 487. The summed E-state index contributed by atoms with van der Waals surface area (Å²) in [6.45, 7) is 8.94. The summed E-state index contributed by atoms with van der Waals surface area (Å²) in [7, 11) is 0. The topological polar surface area (TPSA) is 35.6 Å². The van der Waals surface area contributed by atoms with Gasteiger partial charge in [0, 0.05) is 51.7 Å². The van der Waals surface area contributed by atoms with Crippen LogP contribution in [-0.4, -0.2) is 54.5 Å². The molecule has 5 heteroatoms. The van der Waals surface area contributed by atoms with Crippen LogP contribution in [-0.2, 0) is 11.3 Å². The second-order valence-corrected chi connectivity index (χ2v) is 6.07. The molecule has 0 atom stereocenters. The number of piperazine rings is 1. The second kappa shape index (κ2) is 8.25. The maximum atomic E-state index is 13.3. The third kappa shape index (κ3) is 5.07. The normalized spacial score (nSPS) is 15.6. The summed E-state index contributed by atoms with van der Waals surface area (Å²) in [6.07, 6.45) is 0.521. The molecular formula is C17H26FN3O. The number of nitrogens with zero attached hydrogens (tertiary/aromatic N) is 2. The van der Waals surface area contributed by atoms with E-state index in [1.54, 1.807) is 12.1 Å². The molecule has 122 valence electrons. The molecule has 22 heavy (non-hydrogen) atoms. The Morgan fingerprint density at radius 1 is 1.36 bits per heavy atom. The van der Waals surface area contributed by atoms with Gasteiger partial charge in [0.15, 0.2) is 0 Å². The van der Waals surface area contributed by atoms with Crippen molar-refractivity contribution in [2.45, 2.75) is 32.9 Å². The Labute approximate surface area is 132 Å². The molecule has 2 rings (SSSR count). The zero-order chi connectivity index (χ0) is 15.9. The lowest BCUT2D eigenvalue weighted by Crippen LogP contribution is -2.47. The number of amides is 1. The molecule has 1 fully saturated rings. The maximum absolute atomic E-state index is 13.3. The third-order valence-electron chi connectivity index (χ3n) is 4.09. The highest BCUT2D eigenvalue weighted by atomic mass is 19.1. The van der Waals surface area contributed by atoms with Gasteiger partial charge in [-0.25, -0.2) is 4.39 Å². The number of hydrogen-bond acceptors (Lipinski definition) is 3. The minimum atomic E-state index is -0.210. The molecule has 0 spiro atoms. The molecule has 0 saturated carbocycles. The molecule has 0 radical (unpaired) electrons. The molecule has 0 unspecified atom stereocenters. The van der Waals surface area contributed by atoms with Gasteiger partial charge in [-0.15, -0.1) is 0 Å². The van der Waals surface area contributed by atoms with E-state index in [1.165, 1.54) is 6.07 Å². The molecule has 4 nitrogen and oxygen atoms in total. The molecule has 0 bridgehead atoms. The first-order valence-corrected chi connectivity index (χ1v) is 8.03. The highest BCUT2D eigenvalue weighted by molar-refractivity contribution is 5.76. The van der Waals surface area contributed by atoms with Gasteiger partial charge < -0.3 is 10.2 Å². The quantitative estimate of drug-likeness (QED) is 0.871. The molecule has 1 saturated heterocycles. The zero-order valence-electron chi connectivity index (χ0n) is 13.5. The van der Waals surface area contributed by atoms with Crippen molar-refractivity contribution in [3.63, 3.8) is 0 Å². The fourth-order valence-corrected chi connectivity index (χ4v) is 2.70. The van der Waals surface area contributed by atoms with Crippen LogP contribution < -0.4 is 5.32 Å². The Kier molecular flexibility index (Phi) is 6.34. The Morgan fingerprint density at radius 3 is 2.73 bits per heavy atom. The summed E-state index contributed by atoms with van der Waals surface area (Å²) >= 11 is 0. The molecule has 1 aromatic carbocycles. The van der Waals surface area contributed by atoms with E-state index in [0.717, 1.165) is 31.7 Å². The monoisotopic (exact) mass is 307 g/mol. The molecule has 1 N–H and O–H groups in total. The predicted molar refractivity (Wildman–Crippen MR) is 86.0 cm³/mol. The summed E-state index contributed by atoms with van der Waals surface area (Å²) in [5.74, 6) is 0.00416. The van der Waals surface area contributed by atoms with E-state index in [0.29, 0.717) is 25.6 Å². The fraction of sp³-hybridized carbons (Fsp3) is 0.588. The first kappa shape index (κ1) is 16.9. The third-order valence-corrected chi connectivity index (χ3v) is 4.09. The van der Waals surface area contributed by atoms with Crippen LogP contribution in [0.4, 0.5) is 4.39 Å². The van der Waals surface area contributed by atoms with Crippen LogP contribution in [0.1, 0.15) is 25.8 Å². The minimum absolute atomic E-state index is 0.210. The molecular weight excluding hydrogens is 281 g/mol. The van der Waals surface area contributed by atoms with Crippen molar-refractivity contribution in [1.82, 2.24) is 15.1 Å². The van der Waals surface area contributed by atoms with Gasteiger partial charge in [-0.3, -0.25) is 9.69 Å². The van der Waals surface area contributed by atoms with Crippen LogP contribution in [0.2, 0.25) is 0 Å². The van der Waals surface area contributed by atoms with Crippen molar-refractivity contribution in [3.8, 4) is 0 Å². The number of halogens is 1. The number of carbonyl (C=O) groups is 1. The Hall–Kier alpha value is -1.46. The first-order chi connectivity index (χ1) is 10.6. The maximum Gasteiger partial charge on any atom is 0.223 e. The van der Waals surface area contributed by atoms with Gasteiger partial charge in [0.2, 0.25) is 5.91 Å². The van der Waals surface area contributed by atoms with Crippen LogP contribution in [0.25, 0.3) is 0 Å². The average molecular weight is 307 g/mol. The van der Waals surface area contributed by atoms with Crippen molar-refractivity contribution in [1.29, 1.82) is 0 Å². The van der Waals surface area contributed by atoms with E-state index in [-0.39, 0.29) is 11.7 Å². The standard InChI is InChI=1S/C17H26FN3O/c1-14(2)21(13-15-4-3-5-16(18)12-15)9-6-17(22)20-10-7-19-8-11-20/h3-5,12,14,19H,6-11,13H2,1-2H3. The molecule has 0 aromatic heterocycles. The van der Waals surface area contributed by atoms with E-state index < -0.39 is 0 Å². The molecule has 1 aliphatic heterocycles. The zero-order valence-corrected chi connectivity index (χ0v) is 13.5. The van der Waals surface area contributed by atoms with E-state index in [2.05, 4.69) is 24.1 Å². The highest BCUT2D eigenvalue weighted by Crippen LogP contribution is 2.11. The van der Waals surface area contributed by atoms with Gasteiger partial charge in [0.05, 0.1) is 0 Å². The van der Waals surface area contributed by atoms with Gasteiger partial charge in [-0.05, 0) is 31.5 Å². The van der Waals surface area contributed by atoms with Gasteiger partial charge >= 0.3 is 0 Å². The summed E-state index contributed by atoms with van der Waals surface area (Å²) in [4.78, 5) is 16.4. The second-order valence-electron chi connectivity index (χ2n) is 6.07. The van der Waals surface area contributed by atoms with E-state index in [4.69, 9.17) is 0 Å². The summed E-state index contributed by atoms with van der Waals surface area (Å²) in [6, 6.07) is 7.00. The fourth-order valence-electron chi connectivity index (χ4n) is 2.70. The average Bonchev–Trinajstić information content (AvgIpc) is 2.51. The minimum Gasteiger partial charge on any atom is -0.340 e. The highest BCUT2D eigenvalue weighted by Gasteiger charge is 2.18. The molecule has 1 aromatic rings. The Balaban J connectivity index is 1.87. The van der Waals surface area contributed by atoms with Crippen LogP contribution >= 0.6 is 0 Å². The van der Waals surface area contributed by atoms with Gasteiger partial charge in [0.1, 0.15) is 5.82 Å². The predicted octanol–water partition coefficient (Wildman–Crippen LogP) is 1.86. The van der Waals surface area contributed by atoms with Gasteiger partial charge in [-0.1, -0.05) is 12.1 Å². The lowest BCUT2D eigenvalue weighted by Gasteiger charge is -2.30. The summed E-state index contributed by atoms with van der Waals surface area (Å²) in [5.41, 5.74) is 0.948. The molecule has 1 amide bonds. The van der Waals surface area contributed by atoms with Gasteiger partial charge in [-0.2, -0.15) is 0 Å². The van der Waals surface area contributed by atoms with Crippen LogP contribution in [0.15, 0.2) is 24.3 Å². The largest absolute Gasteiger partial charge is 0.340 e. The van der Waals surface area contributed by atoms with Crippen molar-refractivity contribution < 1.29 is 9.18 Å². The number of hydrogen-bond donors (Lipinski definition) is 1. The summed E-state index contributed by atoms with van der Waals surface area (Å²) < 4.78 is 13.3. The first-order valence-electron chi connectivity index (χ1n) is 8.03. The van der Waals surface area contributed by atoms with Crippen LogP contribution in [0.5, 0.6) is 0 Å². The molecule has 1 aliphatic rings. The lowest BCUT2D eigenvalue weighted by atomic mass is 10.1. The van der Waals surface area contributed by atoms with Crippen molar-refractivity contribution in [3.05, 3.63) is 35.6 Å². The van der Waals surface area contributed by atoms with E-state index in [1.807, 2.05) is 11.0 Å². The number of benzene rings is 1. The molecule has 0 aliphatic carbocycles. The number of rotatable bonds is 6. The van der Waals surface area contributed by atoms with Gasteiger partial charge in [0.25, 0.3) is 0 Å². The van der Waals surface area contributed by atoms with Crippen molar-refractivity contribution in [2.75, 3.05) is 32.7 Å². The Morgan fingerprint density at radius 2 is 2.09 bits per heavy atom. The van der Waals surface area contributed by atoms with Crippen LogP contribution in [0.3, 0.4) is 0 Å². The SMILES string of the molecule is CC(C)N(CCC(=O)N1CCNCC1)Cc1cccc(F)c1. The molecule has 1 heterocycles. The summed E-state index contributed by atoms with van der Waals surface area (Å²) in [5, 5.41) is 3.25. The van der Waals surface area contributed by atoms with E-state index >= 15 is 0 Å². The number of carbonyl (C=O) groups excluding carboxylic acids is 1.